The molecule has 0 spiro atoms. The van der Waals surface area contributed by atoms with Gasteiger partial charge in [0.2, 0.25) is 15.9 Å². The number of carbonyl (C=O) groups is 1. The molecule has 0 radical (unpaired) electrons. The highest BCUT2D eigenvalue weighted by Gasteiger charge is 2.29. The molecule has 0 aliphatic carbocycles. The van der Waals surface area contributed by atoms with E-state index in [1.54, 1.807) is 6.92 Å². The van der Waals surface area contributed by atoms with E-state index in [0.717, 1.165) is 6.42 Å². The molecule has 1 aromatic heterocycles. The number of carbonyl (C=O) groups excluding carboxylic acids is 1. The van der Waals surface area contributed by atoms with E-state index >= 15 is 0 Å². The van der Waals surface area contributed by atoms with Crippen LogP contribution in [0.2, 0.25) is 0 Å². The molecule has 12 heteroatoms. The van der Waals surface area contributed by atoms with Gasteiger partial charge in [0.15, 0.2) is 5.69 Å². The summed E-state index contributed by atoms with van der Waals surface area (Å²) in [5, 5.41) is 0. The van der Waals surface area contributed by atoms with Crippen LogP contribution >= 0.6 is 0 Å². The Labute approximate surface area is 182 Å². The zero-order valence-electron chi connectivity index (χ0n) is 18.6. The number of nitrogen functional groups attached to an aromatic ring is 1. The Morgan fingerprint density at radius 3 is 2.29 bits per heavy atom. The number of hydrogen-bond donors (Lipinski definition) is 2. The number of aromatic nitrogens is 2. The third kappa shape index (κ3) is 5.95. The lowest BCUT2D eigenvalue weighted by molar-refractivity contribution is -0.120. The number of nitrogens with two attached hydrogens (primary N) is 1. The van der Waals surface area contributed by atoms with E-state index in [9.17, 15) is 22.8 Å². The molecule has 0 bridgehead atoms. The molecule has 31 heavy (non-hydrogen) atoms. The molecule has 0 aromatic carbocycles. The molecule has 0 atom stereocenters. The Morgan fingerprint density at radius 1 is 1.10 bits per heavy atom. The van der Waals surface area contributed by atoms with E-state index in [-0.39, 0.29) is 29.7 Å². The molecule has 11 nitrogen and oxygen atoms in total. The maximum atomic E-state index is 13.2. The molecule has 176 valence electrons. The van der Waals surface area contributed by atoms with E-state index in [1.807, 2.05) is 18.7 Å². The van der Waals surface area contributed by atoms with Crippen molar-refractivity contribution in [2.45, 2.75) is 46.6 Å². The molecule has 3 N–H and O–H groups in total. The number of nitrogens with zero attached hydrogens (tertiary/aromatic N) is 4. The quantitative estimate of drug-likeness (QED) is 0.487. The molecule has 0 unspecified atom stereocenters. The van der Waals surface area contributed by atoms with E-state index in [4.69, 9.17) is 5.73 Å². The topological polar surface area (TPSA) is 142 Å². The van der Waals surface area contributed by atoms with Crippen LogP contribution in [0.1, 0.15) is 40.0 Å². The molecule has 1 saturated heterocycles. The maximum Gasteiger partial charge on any atom is 0.330 e. The molecule has 1 aliphatic heterocycles. The SMILES string of the molecule is CCCCN(C(=O)CN1CCN(S(=O)(=O)CC)CC1)c1c(N)n(CCC)c(=O)[nH]c1=O. The van der Waals surface area contributed by atoms with Gasteiger partial charge in [-0.3, -0.25) is 24.0 Å². The number of rotatable bonds is 10. The van der Waals surface area contributed by atoms with Crippen LogP contribution in [0, 0.1) is 0 Å². The summed E-state index contributed by atoms with van der Waals surface area (Å²) in [5.74, 6) is -0.273. The van der Waals surface area contributed by atoms with Crippen molar-refractivity contribution in [3.63, 3.8) is 0 Å². The first-order chi connectivity index (χ1) is 14.7. The summed E-state index contributed by atoms with van der Waals surface area (Å²) < 4.78 is 26.8. The normalized spacial score (nSPS) is 15.8. The summed E-state index contributed by atoms with van der Waals surface area (Å²) in [5.41, 5.74) is 4.88. The average Bonchev–Trinajstić information content (AvgIpc) is 2.73. The van der Waals surface area contributed by atoms with Crippen molar-refractivity contribution in [3.8, 4) is 0 Å². The first kappa shape index (κ1) is 25.1. The fourth-order valence-electron chi connectivity index (χ4n) is 3.59. The van der Waals surface area contributed by atoms with Gasteiger partial charge >= 0.3 is 5.69 Å². The van der Waals surface area contributed by atoms with Gasteiger partial charge in [-0.2, -0.15) is 4.31 Å². The van der Waals surface area contributed by atoms with Gasteiger partial charge < -0.3 is 10.6 Å². The van der Waals surface area contributed by atoms with Gasteiger partial charge in [-0.05, 0) is 19.8 Å². The lowest BCUT2D eigenvalue weighted by atomic mass is 10.2. The second-order valence-corrected chi connectivity index (χ2v) is 9.88. The summed E-state index contributed by atoms with van der Waals surface area (Å²) in [6, 6.07) is 0. The summed E-state index contributed by atoms with van der Waals surface area (Å²) in [6.45, 7) is 7.63. The van der Waals surface area contributed by atoms with E-state index in [2.05, 4.69) is 4.98 Å². The molecule has 1 aliphatic rings. The lowest BCUT2D eigenvalue weighted by Crippen LogP contribution is -2.52. The predicted octanol–water partition coefficient (Wildman–Crippen LogP) is -0.371. The van der Waals surface area contributed by atoms with Gasteiger partial charge in [0.25, 0.3) is 5.56 Å². The van der Waals surface area contributed by atoms with Crippen molar-refractivity contribution in [1.29, 1.82) is 0 Å². The maximum absolute atomic E-state index is 13.2. The Hall–Kier alpha value is -2.18. The first-order valence-corrected chi connectivity index (χ1v) is 12.4. The van der Waals surface area contributed by atoms with Crippen LogP contribution in [0.4, 0.5) is 11.5 Å². The van der Waals surface area contributed by atoms with Crippen LogP contribution in [0.15, 0.2) is 9.59 Å². The van der Waals surface area contributed by atoms with Crippen molar-refractivity contribution in [1.82, 2.24) is 18.8 Å². The fraction of sp³-hybridized carbons (Fsp3) is 0.737. The van der Waals surface area contributed by atoms with Crippen molar-refractivity contribution in [3.05, 3.63) is 20.8 Å². The summed E-state index contributed by atoms with van der Waals surface area (Å²) in [6.07, 6.45) is 2.12. The van der Waals surface area contributed by atoms with Crippen LogP contribution in [0.25, 0.3) is 0 Å². The predicted molar refractivity (Wildman–Crippen MR) is 121 cm³/mol. The van der Waals surface area contributed by atoms with Gasteiger partial charge in [0, 0.05) is 39.3 Å². The third-order valence-corrected chi connectivity index (χ3v) is 7.30. The average molecular weight is 459 g/mol. The monoisotopic (exact) mass is 458 g/mol. The Kier molecular flexibility index (Phi) is 8.83. The number of hydrogen-bond acceptors (Lipinski definition) is 7. The van der Waals surface area contributed by atoms with Crippen LogP contribution in [-0.4, -0.2) is 78.1 Å². The molecule has 1 aromatic rings. The van der Waals surface area contributed by atoms with Gasteiger partial charge in [-0.25, -0.2) is 13.2 Å². The second-order valence-electron chi connectivity index (χ2n) is 7.62. The van der Waals surface area contributed by atoms with Crippen molar-refractivity contribution >= 4 is 27.4 Å². The number of unbranched alkanes of at least 4 members (excludes halogenated alkanes) is 1. The largest absolute Gasteiger partial charge is 0.383 e. The van der Waals surface area contributed by atoms with Crippen molar-refractivity contribution < 1.29 is 13.2 Å². The van der Waals surface area contributed by atoms with Gasteiger partial charge in [-0.15, -0.1) is 0 Å². The summed E-state index contributed by atoms with van der Waals surface area (Å²) >= 11 is 0. The van der Waals surface area contributed by atoms with Crippen LogP contribution in [0.5, 0.6) is 0 Å². The molecule has 1 amide bonds. The Balaban J connectivity index is 2.24. The van der Waals surface area contributed by atoms with E-state index < -0.39 is 21.3 Å². The standard InChI is InChI=1S/C19H34N6O5S/c1-4-7-9-24(16-17(20)25(8-5-2)19(28)21-18(16)27)15(26)14-22-10-12-23(13-11-22)31(29,30)6-3/h4-14,20H2,1-3H3,(H,21,27,28). The molecular weight excluding hydrogens is 424 g/mol. The highest BCUT2D eigenvalue weighted by Crippen LogP contribution is 2.19. The van der Waals surface area contributed by atoms with Gasteiger partial charge in [0.05, 0.1) is 12.3 Å². The fourth-order valence-corrected chi connectivity index (χ4v) is 4.67. The number of anilines is 2. The van der Waals surface area contributed by atoms with Crippen LogP contribution < -0.4 is 21.9 Å². The smallest absolute Gasteiger partial charge is 0.330 e. The number of aromatic amines is 1. The zero-order chi connectivity index (χ0) is 23.2. The van der Waals surface area contributed by atoms with Crippen molar-refractivity contribution in [2.24, 2.45) is 0 Å². The highest BCUT2D eigenvalue weighted by atomic mass is 32.2. The van der Waals surface area contributed by atoms with Gasteiger partial charge in [-0.1, -0.05) is 20.3 Å². The van der Waals surface area contributed by atoms with Crippen molar-refractivity contribution in [2.75, 3.05) is 55.7 Å². The number of amides is 1. The van der Waals surface area contributed by atoms with E-state index in [1.165, 1.54) is 13.8 Å². The Morgan fingerprint density at radius 2 is 1.74 bits per heavy atom. The molecule has 2 rings (SSSR count). The minimum absolute atomic E-state index is 0.00121. The minimum Gasteiger partial charge on any atom is -0.383 e. The minimum atomic E-state index is -3.25. The third-order valence-electron chi connectivity index (χ3n) is 5.42. The second kappa shape index (κ2) is 10.9. The van der Waals surface area contributed by atoms with E-state index in [0.29, 0.717) is 52.1 Å². The number of nitrogens with one attached hydrogen (secondary N) is 1. The van der Waals surface area contributed by atoms with Crippen LogP contribution in [0.3, 0.4) is 0 Å². The molecule has 1 fully saturated rings. The summed E-state index contributed by atoms with van der Waals surface area (Å²) in [4.78, 5) is 43.4. The number of piperazine rings is 1. The summed E-state index contributed by atoms with van der Waals surface area (Å²) in [7, 11) is -3.25. The highest BCUT2D eigenvalue weighted by molar-refractivity contribution is 7.89. The molecule has 0 saturated carbocycles. The lowest BCUT2D eigenvalue weighted by Gasteiger charge is -2.34. The molecular formula is C19H34N6O5S. The van der Waals surface area contributed by atoms with Gasteiger partial charge in [0.1, 0.15) is 5.82 Å². The first-order valence-electron chi connectivity index (χ1n) is 10.8. The van der Waals surface area contributed by atoms with Crippen LogP contribution in [-0.2, 0) is 21.4 Å². The number of sulfonamides is 1. The number of H-pyrrole nitrogens is 1. The Bertz CT molecular complexity index is 978. The molecule has 2 heterocycles. The zero-order valence-corrected chi connectivity index (χ0v) is 19.4.